The lowest BCUT2D eigenvalue weighted by Gasteiger charge is -2.22. The van der Waals surface area contributed by atoms with Gasteiger partial charge in [-0.05, 0) is 25.7 Å². The minimum absolute atomic E-state index is 0.0376. The summed E-state index contributed by atoms with van der Waals surface area (Å²) >= 11 is 1.73. The summed E-state index contributed by atoms with van der Waals surface area (Å²) in [5.41, 5.74) is 0. The molecule has 0 aliphatic heterocycles. The maximum Gasteiger partial charge on any atom is 0.389 e. The number of aliphatic hydroxyl groups is 1. The molecule has 5 heteroatoms. The quantitative estimate of drug-likeness (QED) is 0.782. The molecule has 0 heterocycles. The van der Waals surface area contributed by atoms with Crippen LogP contribution >= 0.6 is 11.8 Å². The van der Waals surface area contributed by atoms with Crippen LogP contribution in [0.5, 0.6) is 0 Å². The maximum atomic E-state index is 11.9. The molecule has 17 heavy (non-hydrogen) atoms. The third-order valence-electron chi connectivity index (χ3n) is 3.07. The Balaban J connectivity index is 2.02. The molecule has 0 aromatic carbocycles. The zero-order valence-electron chi connectivity index (χ0n) is 10.0. The molecule has 1 nitrogen and oxygen atoms in total. The topological polar surface area (TPSA) is 20.2 Å². The van der Waals surface area contributed by atoms with Gasteiger partial charge in [-0.1, -0.05) is 19.3 Å². The van der Waals surface area contributed by atoms with Crippen LogP contribution in [-0.4, -0.2) is 28.4 Å². The minimum Gasteiger partial charge on any atom is -0.392 e. The smallest absolute Gasteiger partial charge is 0.389 e. The van der Waals surface area contributed by atoms with Gasteiger partial charge in [-0.25, -0.2) is 0 Å². The van der Waals surface area contributed by atoms with E-state index in [0.717, 1.165) is 0 Å². The van der Waals surface area contributed by atoms with Crippen molar-refractivity contribution in [1.29, 1.82) is 0 Å². The Morgan fingerprint density at radius 1 is 1.18 bits per heavy atom. The zero-order valence-corrected chi connectivity index (χ0v) is 10.8. The molecular formula is C12H21F3OS. The molecule has 1 aliphatic rings. The van der Waals surface area contributed by atoms with E-state index in [-0.39, 0.29) is 12.8 Å². The van der Waals surface area contributed by atoms with Crippen LogP contribution in [0.3, 0.4) is 0 Å². The SMILES string of the molecule is OC(CCCC(F)(F)F)CSC1CCCCC1. The van der Waals surface area contributed by atoms with E-state index in [4.69, 9.17) is 0 Å². The van der Waals surface area contributed by atoms with E-state index < -0.39 is 18.7 Å². The van der Waals surface area contributed by atoms with Gasteiger partial charge in [0.2, 0.25) is 0 Å². The maximum absolute atomic E-state index is 11.9. The summed E-state index contributed by atoms with van der Waals surface area (Å²) in [7, 11) is 0. The Labute approximate surface area is 105 Å². The second kappa shape index (κ2) is 7.52. The van der Waals surface area contributed by atoms with Crippen molar-refractivity contribution >= 4 is 11.8 Å². The van der Waals surface area contributed by atoms with E-state index >= 15 is 0 Å². The summed E-state index contributed by atoms with van der Waals surface area (Å²) in [5, 5.41) is 10.2. The molecule has 1 N–H and O–H groups in total. The van der Waals surface area contributed by atoms with Crippen molar-refractivity contribution < 1.29 is 18.3 Å². The van der Waals surface area contributed by atoms with E-state index in [9.17, 15) is 18.3 Å². The molecule has 1 fully saturated rings. The molecule has 0 saturated heterocycles. The van der Waals surface area contributed by atoms with Crippen LogP contribution in [-0.2, 0) is 0 Å². The van der Waals surface area contributed by atoms with Gasteiger partial charge in [0.25, 0.3) is 0 Å². The first-order valence-corrected chi connectivity index (χ1v) is 7.38. The van der Waals surface area contributed by atoms with Crippen molar-refractivity contribution in [2.75, 3.05) is 5.75 Å². The molecule has 0 aromatic rings. The highest BCUT2D eigenvalue weighted by atomic mass is 32.2. The van der Waals surface area contributed by atoms with Gasteiger partial charge in [0.1, 0.15) is 0 Å². The standard InChI is InChI=1S/C12H21F3OS/c13-12(14,15)8-4-5-10(16)9-17-11-6-2-1-3-7-11/h10-11,16H,1-9H2. The Morgan fingerprint density at radius 2 is 1.82 bits per heavy atom. The van der Waals surface area contributed by atoms with E-state index in [0.29, 0.717) is 11.0 Å². The lowest BCUT2D eigenvalue weighted by atomic mass is 10.0. The van der Waals surface area contributed by atoms with Crippen LogP contribution < -0.4 is 0 Å². The molecule has 1 aliphatic carbocycles. The van der Waals surface area contributed by atoms with Crippen molar-refractivity contribution in [3.63, 3.8) is 0 Å². The fourth-order valence-corrected chi connectivity index (χ4v) is 3.43. The van der Waals surface area contributed by atoms with Gasteiger partial charge in [0, 0.05) is 17.4 Å². The molecule has 1 saturated carbocycles. The van der Waals surface area contributed by atoms with Gasteiger partial charge in [-0.15, -0.1) is 0 Å². The van der Waals surface area contributed by atoms with Gasteiger partial charge < -0.3 is 5.11 Å². The number of thioether (sulfide) groups is 1. The fourth-order valence-electron chi connectivity index (χ4n) is 2.10. The van der Waals surface area contributed by atoms with Gasteiger partial charge in [-0.3, -0.25) is 0 Å². The number of aliphatic hydroxyl groups excluding tert-OH is 1. The first-order chi connectivity index (χ1) is 7.97. The lowest BCUT2D eigenvalue weighted by molar-refractivity contribution is -0.136. The molecule has 0 amide bonds. The second-order valence-electron chi connectivity index (χ2n) is 4.75. The monoisotopic (exact) mass is 270 g/mol. The molecule has 0 spiro atoms. The lowest BCUT2D eigenvalue weighted by Crippen LogP contribution is -2.16. The van der Waals surface area contributed by atoms with Crippen LogP contribution in [0.15, 0.2) is 0 Å². The first kappa shape index (κ1) is 15.2. The van der Waals surface area contributed by atoms with E-state index in [1.165, 1.54) is 32.1 Å². The second-order valence-corrected chi connectivity index (χ2v) is 6.09. The van der Waals surface area contributed by atoms with Gasteiger partial charge in [0.15, 0.2) is 0 Å². The largest absolute Gasteiger partial charge is 0.392 e. The van der Waals surface area contributed by atoms with E-state index in [1.54, 1.807) is 11.8 Å². The van der Waals surface area contributed by atoms with Crippen molar-refractivity contribution in [2.45, 2.75) is 68.9 Å². The molecule has 102 valence electrons. The van der Waals surface area contributed by atoms with Gasteiger partial charge in [-0.2, -0.15) is 24.9 Å². The molecule has 0 radical (unpaired) electrons. The summed E-state index contributed by atoms with van der Waals surface area (Å²) < 4.78 is 35.7. The summed E-state index contributed by atoms with van der Waals surface area (Å²) in [6, 6.07) is 0. The van der Waals surface area contributed by atoms with Crippen LogP contribution in [0.2, 0.25) is 0 Å². The van der Waals surface area contributed by atoms with Gasteiger partial charge in [0.05, 0.1) is 6.10 Å². The number of hydrogen-bond acceptors (Lipinski definition) is 2. The molecule has 1 rings (SSSR count). The Morgan fingerprint density at radius 3 is 2.41 bits per heavy atom. The Kier molecular flexibility index (Phi) is 6.70. The summed E-state index contributed by atoms with van der Waals surface area (Å²) in [6.45, 7) is 0. The van der Waals surface area contributed by atoms with Crippen molar-refractivity contribution in [3.8, 4) is 0 Å². The fraction of sp³-hybridized carbons (Fsp3) is 1.00. The van der Waals surface area contributed by atoms with Crippen LogP contribution in [0.4, 0.5) is 13.2 Å². The van der Waals surface area contributed by atoms with Crippen molar-refractivity contribution in [2.24, 2.45) is 0 Å². The van der Waals surface area contributed by atoms with Crippen LogP contribution in [0, 0.1) is 0 Å². The first-order valence-electron chi connectivity index (χ1n) is 6.34. The third-order valence-corrected chi connectivity index (χ3v) is 4.59. The summed E-state index contributed by atoms with van der Waals surface area (Å²) in [4.78, 5) is 0. The predicted molar refractivity (Wildman–Crippen MR) is 65.2 cm³/mol. The molecule has 1 unspecified atom stereocenters. The number of hydrogen-bond donors (Lipinski definition) is 1. The highest BCUT2D eigenvalue weighted by Gasteiger charge is 2.26. The molecule has 0 aromatic heterocycles. The molecular weight excluding hydrogens is 249 g/mol. The van der Waals surface area contributed by atoms with E-state index in [2.05, 4.69) is 0 Å². The normalized spacial score (nSPS) is 20.5. The van der Waals surface area contributed by atoms with E-state index in [1.807, 2.05) is 0 Å². The van der Waals surface area contributed by atoms with Gasteiger partial charge >= 0.3 is 6.18 Å². The van der Waals surface area contributed by atoms with Crippen molar-refractivity contribution in [3.05, 3.63) is 0 Å². The molecule has 0 bridgehead atoms. The minimum atomic E-state index is -4.09. The van der Waals surface area contributed by atoms with Crippen LogP contribution in [0.25, 0.3) is 0 Å². The van der Waals surface area contributed by atoms with Crippen LogP contribution in [0.1, 0.15) is 51.4 Å². The molecule has 1 atom stereocenters. The predicted octanol–water partition coefficient (Wildman–Crippen LogP) is 4.15. The highest BCUT2D eigenvalue weighted by Crippen LogP contribution is 2.29. The number of halogens is 3. The summed E-state index contributed by atoms with van der Waals surface area (Å²) in [6.07, 6.45) is 1.04. The summed E-state index contributed by atoms with van der Waals surface area (Å²) in [5.74, 6) is 0.586. The Hall–Kier alpha value is 0.100. The van der Waals surface area contributed by atoms with Crippen molar-refractivity contribution in [1.82, 2.24) is 0 Å². The third kappa shape index (κ3) is 7.92. The average molecular weight is 270 g/mol. The zero-order chi connectivity index (χ0) is 12.7. The average Bonchev–Trinajstić information content (AvgIpc) is 2.26. The number of rotatable bonds is 6. The number of alkyl halides is 3. The Bertz CT molecular complexity index is 202. The highest BCUT2D eigenvalue weighted by molar-refractivity contribution is 7.99.